The van der Waals surface area contributed by atoms with Crippen LogP contribution in [0.25, 0.3) is 0 Å². The molecule has 120 valence electrons. The summed E-state index contributed by atoms with van der Waals surface area (Å²) in [5.74, 6) is -0.282. The fourth-order valence-corrected chi connectivity index (χ4v) is 2.06. The van der Waals surface area contributed by atoms with Gasteiger partial charge in [-0.25, -0.2) is 0 Å². The number of ketones is 1. The number of hydrogen-bond donors (Lipinski definition) is 2. The van der Waals surface area contributed by atoms with E-state index in [-0.39, 0.29) is 11.7 Å². The zero-order valence-corrected chi connectivity index (χ0v) is 13.4. The van der Waals surface area contributed by atoms with Crippen molar-refractivity contribution in [1.29, 1.82) is 0 Å². The Morgan fingerprint density at radius 2 is 1.83 bits per heavy atom. The molecule has 5 nitrogen and oxygen atoms in total. The summed E-state index contributed by atoms with van der Waals surface area (Å²) in [4.78, 5) is 27.6. The topological polar surface area (TPSA) is 71.1 Å². The SMILES string of the molecule is CCCCNc1ccnc(C(=O)Nc2ccc(C(C)=O)cc2)c1. The molecule has 1 heterocycles. The van der Waals surface area contributed by atoms with Gasteiger partial charge >= 0.3 is 0 Å². The van der Waals surface area contributed by atoms with E-state index in [2.05, 4.69) is 22.5 Å². The van der Waals surface area contributed by atoms with Gasteiger partial charge in [-0.05, 0) is 49.7 Å². The highest BCUT2D eigenvalue weighted by Gasteiger charge is 2.09. The summed E-state index contributed by atoms with van der Waals surface area (Å²) in [6.07, 6.45) is 3.80. The van der Waals surface area contributed by atoms with Crippen LogP contribution in [0.4, 0.5) is 11.4 Å². The highest BCUT2D eigenvalue weighted by atomic mass is 16.2. The second kappa shape index (κ2) is 8.08. The fourth-order valence-electron chi connectivity index (χ4n) is 2.06. The highest BCUT2D eigenvalue weighted by Crippen LogP contribution is 2.13. The molecule has 0 radical (unpaired) electrons. The number of Topliss-reactive ketones (excluding diaryl/α,β-unsaturated/α-hetero) is 1. The number of benzene rings is 1. The van der Waals surface area contributed by atoms with Crippen molar-refractivity contribution in [1.82, 2.24) is 4.98 Å². The van der Waals surface area contributed by atoms with Crippen LogP contribution in [0.15, 0.2) is 42.6 Å². The fraction of sp³-hybridized carbons (Fsp3) is 0.278. The van der Waals surface area contributed by atoms with Gasteiger partial charge in [-0.2, -0.15) is 0 Å². The van der Waals surface area contributed by atoms with Crippen LogP contribution < -0.4 is 10.6 Å². The van der Waals surface area contributed by atoms with Crippen molar-refractivity contribution in [2.75, 3.05) is 17.2 Å². The summed E-state index contributed by atoms with van der Waals surface area (Å²) in [6, 6.07) is 10.4. The van der Waals surface area contributed by atoms with Gasteiger partial charge in [0.05, 0.1) is 0 Å². The van der Waals surface area contributed by atoms with E-state index in [1.165, 1.54) is 6.92 Å². The first-order chi connectivity index (χ1) is 11.1. The molecule has 0 aliphatic carbocycles. The number of pyridine rings is 1. The molecule has 0 atom stereocenters. The second-order valence-electron chi connectivity index (χ2n) is 5.30. The Labute approximate surface area is 136 Å². The molecule has 0 saturated heterocycles. The Balaban J connectivity index is 2.02. The molecular weight excluding hydrogens is 290 g/mol. The summed E-state index contributed by atoms with van der Waals surface area (Å²) in [6.45, 7) is 4.51. The van der Waals surface area contributed by atoms with E-state index in [1.807, 2.05) is 6.07 Å². The predicted molar refractivity (Wildman–Crippen MR) is 92.0 cm³/mol. The lowest BCUT2D eigenvalue weighted by atomic mass is 10.1. The van der Waals surface area contributed by atoms with Gasteiger partial charge in [0, 0.05) is 29.7 Å². The second-order valence-corrected chi connectivity index (χ2v) is 5.30. The van der Waals surface area contributed by atoms with Crippen molar-refractivity contribution in [2.45, 2.75) is 26.7 Å². The number of carbonyl (C=O) groups is 2. The molecule has 0 spiro atoms. The molecule has 1 aromatic carbocycles. The van der Waals surface area contributed by atoms with Gasteiger partial charge in [-0.3, -0.25) is 14.6 Å². The molecule has 0 fully saturated rings. The Morgan fingerprint density at radius 1 is 1.09 bits per heavy atom. The maximum Gasteiger partial charge on any atom is 0.274 e. The highest BCUT2D eigenvalue weighted by molar-refractivity contribution is 6.03. The molecule has 2 aromatic rings. The van der Waals surface area contributed by atoms with Gasteiger partial charge < -0.3 is 10.6 Å². The van der Waals surface area contributed by atoms with E-state index in [1.54, 1.807) is 36.5 Å². The van der Waals surface area contributed by atoms with E-state index >= 15 is 0 Å². The monoisotopic (exact) mass is 311 g/mol. The lowest BCUT2D eigenvalue weighted by Crippen LogP contribution is -2.14. The van der Waals surface area contributed by atoms with Crippen molar-refractivity contribution in [2.24, 2.45) is 0 Å². The lowest BCUT2D eigenvalue weighted by molar-refractivity contribution is 0.101. The number of carbonyl (C=O) groups excluding carboxylic acids is 2. The van der Waals surface area contributed by atoms with Crippen LogP contribution in [0, 0.1) is 0 Å². The first kappa shape index (κ1) is 16.7. The van der Waals surface area contributed by atoms with Gasteiger partial charge in [0.25, 0.3) is 5.91 Å². The maximum atomic E-state index is 12.2. The first-order valence-corrected chi connectivity index (χ1v) is 7.72. The molecule has 2 rings (SSSR count). The van der Waals surface area contributed by atoms with Crippen LogP contribution in [-0.4, -0.2) is 23.2 Å². The van der Waals surface area contributed by atoms with Crippen LogP contribution in [0.3, 0.4) is 0 Å². The van der Waals surface area contributed by atoms with Gasteiger partial charge in [-0.15, -0.1) is 0 Å². The van der Waals surface area contributed by atoms with Crippen LogP contribution in [0.5, 0.6) is 0 Å². The number of aromatic nitrogens is 1. The van der Waals surface area contributed by atoms with Gasteiger partial charge in [0.1, 0.15) is 5.69 Å². The van der Waals surface area contributed by atoms with Crippen molar-refractivity contribution >= 4 is 23.1 Å². The molecule has 0 unspecified atom stereocenters. The summed E-state index contributed by atoms with van der Waals surface area (Å²) >= 11 is 0. The maximum absolute atomic E-state index is 12.2. The third kappa shape index (κ3) is 4.92. The summed E-state index contributed by atoms with van der Waals surface area (Å²) in [7, 11) is 0. The van der Waals surface area contributed by atoms with Gasteiger partial charge in [0.2, 0.25) is 0 Å². The minimum Gasteiger partial charge on any atom is -0.385 e. The number of amides is 1. The molecule has 5 heteroatoms. The molecular formula is C18H21N3O2. The standard InChI is InChI=1S/C18H21N3O2/c1-3-4-10-19-16-9-11-20-17(12-16)18(23)21-15-7-5-14(6-8-15)13(2)22/h5-9,11-12H,3-4,10H2,1-2H3,(H,19,20)(H,21,23). The molecule has 0 saturated carbocycles. The lowest BCUT2D eigenvalue weighted by Gasteiger charge is -2.08. The normalized spacial score (nSPS) is 10.2. The minimum atomic E-state index is -0.278. The van der Waals surface area contributed by atoms with E-state index < -0.39 is 0 Å². The van der Waals surface area contributed by atoms with E-state index in [0.29, 0.717) is 16.9 Å². The Morgan fingerprint density at radius 3 is 2.48 bits per heavy atom. The van der Waals surface area contributed by atoms with E-state index in [9.17, 15) is 9.59 Å². The molecule has 0 aliphatic heterocycles. The van der Waals surface area contributed by atoms with Crippen molar-refractivity contribution in [3.63, 3.8) is 0 Å². The van der Waals surface area contributed by atoms with Gasteiger partial charge in [0.15, 0.2) is 5.78 Å². The zero-order valence-electron chi connectivity index (χ0n) is 13.4. The van der Waals surface area contributed by atoms with Crippen LogP contribution in [0.1, 0.15) is 47.5 Å². The molecule has 0 bridgehead atoms. The number of anilines is 2. The summed E-state index contributed by atoms with van der Waals surface area (Å²) in [5, 5.41) is 6.05. The molecule has 2 N–H and O–H groups in total. The molecule has 23 heavy (non-hydrogen) atoms. The quantitative estimate of drug-likeness (QED) is 0.603. The Kier molecular flexibility index (Phi) is 5.86. The molecule has 1 aromatic heterocycles. The smallest absolute Gasteiger partial charge is 0.274 e. The Bertz CT molecular complexity index is 681. The zero-order chi connectivity index (χ0) is 16.7. The summed E-state index contributed by atoms with van der Waals surface area (Å²) in [5.41, 5.74) is 2.47. The average Bonchev–Trinajstić information content (AvgIpc) is 2.56. The third-order valence-corrected chi connectivity index (χ3v) is 3.40. The summed E-state index contributed by atoms with van der Waals surface area (Å²) < 4.78 is 0. The number of rotatable bonds is 7. The van der Waals surface area contributed by atoms with Gasteiger partial charge in [-0.1, -0.05) is 13.3 Å². The number of unbranched alkanes of at least 4 members (excludes halogenated alkanes) is 1. The largest absolute Gasteiger partial charge is 0.385 e. The van der Waals surface area contributed by atoms with Crippen LogP contribution in [-0.2, 0) is 0 Å². The van der Waals surface area contributed by atoms with Crippen molar-refractivity contribution < 1.29 is 9.59 Å². The van der Waals surface area contributed by atoms with E-state index in [0.717, 1.165) is 25.1 Å². The number of nitrogens with zero attached hydrogens (tertiary/aromatic N) is 1. The van der Waals surface area contributed by atoms with Crippen molar-refractivity contribution in [3.8, 4) is 0 Å². The predicted octanol–water partition coefficient (Wildman–Crippen LogP) is 3.75. The van der Waals surface area contributed by atoms with Crippen LogP contribution >= 0.6 is 0 Å². The number of nitrogens with one attached hydrogen (secondary N) is 2. The number of hydrogen-bond acceptors (Lipinski definition) is 4. The third-order valence-electron chi connectivity index (χ3n) is 3.40. The molecule has 1 amide bonds. The minimum absolute atomic E-state index is 0.00426. The average molecular weight is 311 g/mol. The Hall–Kier alpha value is -2.69. The first-order valence-electron chi connectivity index (χ1n) is 7.72. The van der Waals surface area contributed by atoms with Crippen molar-refractivity contribution in [3.05, 3.63) is 53.9 Å². The molecule has 0 aliphatic rings. The van der Waals surface area contributed by atoms with Crippen LogP contribution in [0.2, 0.25) is 0 Å². The van der Waals surface area contributed by atoms with E-state index in [4.69, 9.17) is 0 Å².